The Morgan fingerprint density at radius 2 is 1.52 bits per heavy atom. The molecule has 3 aromatic rings. The van der Waals surface area contributed by atoms with Crippen LogP contribution in [-0.4, -0.2) is 34.4 Å². The number of nitrogens with one attached hydrogen (secondary N) is 3. The van der Waals surface area contributed by atoms with E-state index in [1.165, 1.54) is 26.2 Å². The van der Waals surface area contributed by atoms with Crippen LogP contribution in [0, 0.1) is 17.8 Å². The summed E-state index contributed by atoms with van der Waals surface area (Å²) in [6, 6.07) is 23.3. The van der Waals surface area contributed by atoms with Crippen LogP contribution in [0.4, 0.5) is 16.2 Å². The molecule has 4 saturated carbocycles. The van der Waals surface area contributed by atoms with Crippen molar-refractivity contribution in [3.8, 4) is 0 Å². The van der Waals surface area contributed by atoms with Crippen LogP contribution in [0.2, 0.25) is 0 Å². The second-order valence-electron chi connectivity index (χ2n) is 13.8. The highest BCUT2D eigenvalue weighted by molar-refractivity contribution is 7.99. The van der Waals surface area contributed by atoms with Gasteiger partial charge in [0.05, 0.1) is 18.8 Å². The largest absolute Gasteiger partial charge is 0.392 e. The highest BCUT2D eigenvalue weighted by Gasteiger charge is 2.51. The van der Waals surface area contributed by atoms with Crippen molar-refractivity contribution in [1.29, 1.82) is 0 Å². The smallest absolute Gasteiger partial charge is 0.319 e. The van der Waals surface area contributed by atoms with E-state index < -0.39 is 6.29 Å². The van der Waals surface area contributed by atoms with Gasteiger partial charge in [0.15, 0.2) is 6.29 Å². The van der Waals surface area contributed by atoms with Gasteiger partial charge in [-0.2, -0.15) is 0 Å². The van der Waals surface area contributed by atoms with Crippen molar-refractivity contribution in [1.82, 2.24) is 5.32 Å². The van der Waals surface area contributed by atoms with Gasteiger partial charge in [-0.3, -0.25) is 4.79 Å². The van der Waals surface area contributed by atoms with E-state index in [2.05, 4.69) is 16.0 Å². The Kier molecular flexibility index (Phi) is 9.10. The summed E-state index contributed by atoms with van der Waals surface area (Å²) in [6.07, 6.45) is 7.09. The fourth-order valence-corrected chi connectivity index (χ4v) is 9.40. The first-order valence-corrected chi connectivity index (χ1v) is 17.5. The minimum atomic E-state index is -0.614. The molecule has 0 spiro atoms. The molecular formula is C37H43N3O5S. The molecule has 4 N–H and O–H groups in total. The Balaban J connectivity index is 1.04. The molecule has 9 heteroatoms. The molecule has 1 heterocycles. The molecule has 3 atom stereocenters. The monoisotopic (exact) mass is 641 g/mol. The molecule has 0 radical (unpaired) electrons. The molecule has 242 valence electrons. The van der Waals surface area contributed by atoms with E-state index in [-0.39, 0.29) is 36.3 Å². The number of rotatable bonds is 9. The first kappa shape index (κ1) is 31.2. The SMILES string of the molecule is CC(=O)Nc1ccc(SC[C@H]2C[C@@H](c3ccc(CO)cc3)O[C@@H](c3cccc(NC(=O)NC45CC6CC(CC(C6)C4)C5)c3)O2)cc1. The number of benzene rings is 3. The Morgan fingerprint density at radius 3 is 2.17 bits per heavy atom. The summed E-state index contributed by atoms with van der Waals surface area (Å²) >= 11 is 1.70. The van der Waals surface area contributed by atoms with Crippen molar-refractivity contribution in [2.75, 3.05) is 16.4 Å². The van der Waals surface area contributed by atoms with E-state index in [9.17, 15) is 14.7 Å². The molecule has 5 aliphatic rings. The zero-order valence-corrected chi connectivity index (χ0v) is 27.1. The van der Waals surface area contributed by atoms with Crippen LogP contribution in [0.1, 0.15) is 81.0 Å². The molecule has 1 aliphatic heterocycles. The molecule has 3 amide bonds. The van der Waals surface area contributed by atoms with E-state index in [1.807, 2.05) is 72.8 Å². The van der Waals surface area contributed by atoms with Gasteiger partial charge >= 0.3 is 6.03 Å². The lowest BCUT2D eigenvalue weighted by Crippen LogP contribution is -2.60. The molecule has 8 nitrogen and oxygen atoms in total. The van der Waals surface area contributed by atoms with E-state index >= 15 is 0 Å². The first-order chi connectivity index (χ1) is 22.3. The summed E-state index contributed by atoms with van der Waals surface area (Å²) in [5.41, 5.74) is 4.16. The second-order valence-corrected chi connectivity index (χ2v) is 14.9. The molecule has 3 aromatic carbocycles. The number of amides is 3. The van der Waals surface area contributed by atoms with Crippen molar-refractivity contribution in [3.05, 3.63) is 89.5 Å². The predicted octanol–water partition coefficient (Wildman–Crippen LogP) is 7.57. The maximum atomic E-state index is 13.3. The fraction of sp³-hybridized carbons (Fsp3) is 0.459. The molecular weight excluding hydrogens is 598 g/mol. The molecule has 1 saturated heterocycles. The Labute approximate surface area is 275 Å². The number of hydrogen-bond donors (Lipinski definition) is 4. The standard InChI is InChI=1S/C37H43N3O5S/c1-23(42)38-30-9-11-33(12-10-30)46-22-32-17-34(28-7-5-24(21-41)6-8-28)45-35(44-32)29-3-2-4-31(16-29)39-36(43)40-37-18-25-13-26(19-37)15-27(14-25)20-37/h2-12,16,25-27,32,34-35,41H,13-15,17-22H2,1H3,(H,38,42)(H2,39,40,43)/t25?,26?,27?,32-,34+,35+,37?/m1/s1. The van der Waals surface area contributed by atoms with Gasteiger partial charge in [0.1, 0.15) is 0 Å². The van der Waals surface area contributed by atoms with Crippen molar-refractivity contribution in [2.24, 2.45) is 17.8 Å². The highest BCUT2D eigenvalue weighted by Crippen LogP contribution is 2.55. The average Bonchev–Trinajstić information content (AvgIpc) is 3.03. The van der Waals surface area contributed by atoms with Gasteiger partial charge in [-0.1, -0.05) is 36.4 Å². The van der Waals surface area contributed by atoms with Crippen LogP contribution in [-0.2, 0) is 20.9 Å². The number of carbonyl (C=O) groups is 2. The first-order valence-electron chi connectivity index (χ1n) is 16.5. The summed E-state index contributed by atoms with van der Waals surface area (Å²) in [6.45, 7) is 1.49. The van der Waals surface area contributed by atoms with Crippen LogP contribution >= 0.6 is 11.8 Å². The van der Waals surface area contributed by atoms with Crippen molar-refractivity contribution in [3.63, 3.8) is 0 Å². The van der Waals surface area contributed by atoms with Gasteiger partial charge in [0.25, 0.3) is 0 Å². The normalized spacial score (nSPS) is 29.7. The number of urea groups is 1. The lowest BCUT2D eigenvalue weighted by atomic mass is 9.53. The number of hydrogen-bond acceptors (Lipinski definition) is 6. The summed E-state index contributed by atoms with van der Waals surface area (Å²) in [5, 5.41) is 18.9. The molecule has 4 aliphatic carbocycles. The Bertz CT molecular complexity index is 1510. The molecule has 0 unspecified atom stereocenters. The van der Waals surface area contributed by atoms with E-state index in [1.54, 1.807) is 11.8 Å². The molecule has 4 bridgehead atoms. The number of aliphatic hydroxyl groups excluding tert-OH is 1. The second kappa shape index (κ2) is 13.4. The zero-order valence-electron chi connectivity index (χ0n) is 26.2. The average molecular weight is 642 g/mol. The number of carbonyl (C=O) groups excluding carboxylic acids is 2. The summed E-state index contributed by atoms with van der Waals surface area (Å²) < 4.78 is 13.1. The Morgan fingerprint density at radius 1 is 0.826 bits per heavy atom. The minimum absolute atomic E-state index is 0.00619. The van der Waals surface area contributed by atoms with E-state index in [0.29, 0.717) is 12.1 Å². The van der Waals surface area contributed by atoms with Crippen molar-refractivity contribution < 1.29 is 24.2 Å². The van der Waals surface area contributed by atoms with Crippen LogP contribution in [0.15, 0.2) is 77.7 Å². The number of anilines is 2. The summed E-state index contributed by atoms with van der Waals surface area (Å²) in [5.74, 6) is 2.91. The quantitative estimate of drug-likeness (QED) is 0.180. The fourth-order valence-electron chi connectivity index (χ4n) is 8.48. The third kappa shape index (κ3) is 7.28. The highest BCUT2D eigenvalue weighted by atomic mass is 32.2. The molecule has 5 fully saturated rings. The lowest BCUT2D eigenvalue weighted by molar-refractivity contribution is -0.245. The van der Waals surface area contributed by atoms with E-state index in [0.717, 1.165) is 70.0 Å². The zero-order chi connectivity index (χ0) is 31.7. The number of aliphatic hydroxyl groups is 1. The molecule has 8 rings (SSSR count). The van der Waals surface area contributed by atoms with Crippen LogP contribution in [0.25, 0.3) is 0 Å². The third-order valence-corrected chi connectivity index (χ3v) is 11.2. The van der Waals surface area contributed by atoms with Gasteiger partial charge in [-0.05, 0) is 104 Å². The van der Waals surface area contributed by atoms with Crippen molar-refractivity contribution in [2.45, 2.75) is 87.4 Å². The summed E-state index contributed by atoms with van der Waals surface area (Å²) in [4.78, 5) is 25.8. The van der Waals surface area contributed by atoms with Gasteiger partial charge in [0.2, 0.25) is 5.91 Å². The number of ether oxygens (including phenoxy) is 2. The van der Waals surface area contributed by atoms with Crippen molar-refractivity contribution >= 4 is 35.1 Å². The van der Waals surface area contributed by atoms with Crippen LogP contribution < -0.4 is 16.0 Å². The topological polar surface area (TPSA) is 109 Å². The molecule has 46 heavy (non-hydrogen) atoms. The number of thioether (sulfide) groups is 1. The minimum Gasteiger partial charge on any atom is -0.392 e. The summed E-state index contributed by atoms with van der Waals surface area (Å²) in [7, 11) is 0. The van der Waals surface area contributed by atoms with E-state index in [4.69, 9.17) is 9.47 Å². The van der Waals surface area contributed by atoms with Crippen LogP contribution in [0.5, 0.6) is 0 Å². The van der Waals surface area contributed by atoms with Gasteiger partial charge in [-0.25, -0.2) is 4.79 Å². The Hall–Kier alpha value is -3.37. The van der Waals surface area contributed by atoms with Gasteiger partial charge in [0, 0.05) is 46.5 Å². The predicted molar refractivity (Wildman–Crippen MR) is 179 cm³/mol. The molecule has 0 aromatic heterocycles. The van der Waals surface area contributed by atoms with Gasteiger partial charge in [-0.15, -0.1) is 11.8 Å². The van der Waals surface area contributed by atoms with Gasteiger partial charge < -0.3 is 30.5 Å². The third-order valence-electron chi connectivity index (χ3n) is 10.1. The maximum Gasteiger partial charge on any atom is 0.319 e. The maximum absolute atomic E-state index is 13.3. The van der Waals surface area contributed by atoms with Crippen LogP contribution in [0.3, 0.4) is 0 Å². The lowest BCUT2D eigenvalue weighted by Gasteiger charge is -2.56.